The topological polar surface area (TPSA) is 137 Å². The molecule has 5 N–H and O–H groups in total. The molecule has 2 aromatic carbocycles. The van der Waals surface area contributed by atoms with E-state index in [1.165, 1.54) is 0 Å². The molecule has 0 spiro atoms. The number of amidine groups is 1. The molecule has 0 radical (unpaired) electrons. The van der Waals surface area contributed by atoms with E-state index in [9.17, 15) is 14.4 Å². The lowest BCUT2D eigenvalue weighted by Crippen LogP contribution is -2.27. The smallest absolute Gasteiger partial charge is 0.229 e. The van der Waals surface area contributed by atoms with Crippen molar-refractivity contribution < 1.29 is 19.5 Å². The van der Waals surface area contributed by atoms with Gasteiger partial charge in [-0.3, -0.25) is 14.6 Å². The van der Waals surface area contributed by atoms with Gasteiger partial charge in [-0.15, -0.1) is 0 Å². The highest BCUT2D eigenvalue weighted by atomic mass is 16.3. The van der Waals surface area contributed by atoms with E-state index < -0.39 is 5.41 Å². The number of nitrogens with one attached hydrogen (secondary N) is 2. The first-order valence-corrected chi connectivity index (χ1v) is 11.5. The minimum absolute atomic E-state index is 0.000960. The SMILES string of the molecule is CN(CCO)c1ccc(NC(=O)C(C)(C)C)cc1.NC1=NCc2cc(NC(=O)CCC=O)ccc21. The Balaban J connectivity index is 0.000000247. The molecule has 9 heteroatoms. The third-order valence-corrected chi connectivity index (χ3v) is 5.26. The van der Waals surface area contributed by atoms with E-state index in [-0.39, 0.29) is 31.3 Å². The molecule has 0 saturated heterocycles. The molecule has 0 bridgehead atoms. The van der Waals surface area contributed by atoms with E-state index in [1.807, 2.05) is 69.1 Å². The average molecular weight is 482 g/mol. The molecule has 2 amide bonds. The van der Waals surface area contributed by atoms with Gasteiger partial charge in [0.25, 0.3) is 0 Å². The van der Waals surface area contributed by atoms with Gasteiger partial charge in [-0.05, 0) is 48.0 Å². The van der Waals surface area contributed by atoms with Crippen LogP contribution in [0.4, 0.5) is 17.1 Å². The first kappa shape index (κ1) is 27.5. The van der Waals surface area contributed by atoms with Crippen molar-refractivity contribution in [1.82, 2.24) is 0 Å². The number of nitrogens with zero attached hydrogens (tertiary/aromatic N) is 2. The highest BCUT2D eigenvalue weighted by molar-refractivity contribution is 6.01. The van der Waals surface area contributed by atoms with Crippen molar-refractivity contribution >= 4 is 41.0 Å². The molecule has 0 atom stereocenters. The molecule has 1 heterocycles. The number of hydrogen-bond donors (Lipinski definition) is 4. The fraction of sp³-hybridized carbons (Fsp3) is 0.385. The van der Waals surface area contributed by atoms with Gasteiger partial charge >= 0.3 is 0 Å². The normalized spacial score (nSPS) is 12.0. The number of carbonyl (C=O) groups excluding carboxylic acids is 3. The predicted octanol–water partition coefficient (Wildman–Crippen LogP) is 2.92. The molecular formula is C26H35N5O4. The Hall–Kier alpha value is -3.72. The summed E-state index contributed by atoms with van der Waals surface area (Å²) in [6, 6.07) is 13.1. The molecule has 0 unspecified atom stereocenters. The van der Waals surface area contributed by atoms with E-state index >= 15 is 0 Å². The van der Waals surface area contributed by atoms with Crippen molar-refractivity contribution in [3.05, 3.63) is 53.6 Å². The summed E-state index contributed by atoms with van der Waals surface area (Å²) >= 11 is 0. The largest absolute Gasteiger partial charge is 0.395 e. The summed E-state index contributed by atoms with van der Waals surface area (Å²) < 4.78 is 0. The Morgan fingerprint density at radius 2 is 1.77 bits per heavy atom. The summed E-state index contributed by atoms with van der Waals surface area (Å²) in [6.07, 6.45) is 1.18. The maximum atomic E-state index is 11.8. The first-order chi connectivity index (χ1) is 16.5. The van der Waals surface area contributed by atoms with Crippen molar-refractivity contribution in [1.29, 1.82) is 0 Å². The maximum absolute atomic E-state index is 11.8. The second-order valence-corrected chi connectivity index (χ2v) is 9.22. The van der Waals surface area contributed by atoms with Crippen molar-refractivity contribution in [3.8, 4) is 0 Å². The number of aliphatic hydroxyl groups is 1. The summed E-state index contributed by atoms with van der Waals surface area (Å²) in [7, 11) is 1.92. The average Bonchev–Trinajstić information content (AvgIpc) is 3.18. The van der Waals surface area contributed by atoms with Crippen molar-refractivity contribution in [2.75, 3.05) is 35.7 Å². The number of likely N-dealkylation sites (N-methyl/N-ethyl adjacent to an activating group) is 1. The van der Waals surface area contributed by atoms with E-state index in [0.29, 0.717) is 24.6 Å². The minimum Gasteiger partial charge on any atom is -0.395 e. The van der Waals surface area contributed by atoms with Crippen molar-refractivity contribution in [2.45, 2.75) is 40.2 Å². The third kappa shape index (κ3) is 8.53. The van der Waals surface area contributed by atoms with Gasteiger partial charge < -0.3 is 31.2 Å². The molecule has 3 rings (SSSR count). The van der Waals surface area contributed by atoms with Crippen LogP contribution >= 0.6 is 0 Å². The maximum Gasteiger partial charge on any atom is 0.229 e. The zero-order valence-corrected chi connectivity index (χ0v) is 20.8. The summed E-state index contributed by atoms with van der Waals surface area (Å²) in [4.78, 5) is 39.4. The Morgan fingerprint density at radius 1 is 1.11 bits per heavy atom. The fourth-order valence-corrected chi connectivity index (χ4v) is 3.12. The van der Waals surface area contributed by atoms with Crippen LogP contribution in [0, 0.1) is 5.41 Å². The number of carbonyl (C=O) groups is 3. The van der Waals surface area contributed by atoms with Crippen molar-refractivity contribution in [3.63, 3.8) is 0 Å². The van der Waals surface area contributed by atoms with E-state index in [0.717, 1.165) is 28.8 Å². The molecule has 0 aliphatic carbocycles. The number of rotatable bonds is 8. The van der Waals surface area contributed by atoms with Gasteiger partial charge in [0.1, 0.15) is 12.1 Å². The molecule has 1 aliphatic rings. The van der Waals surface area contributed by atoms with Gasteiger partial charge in [0.05, 0.1) is 13.2 Å². The lowest BCUT2D eigenvalue weighted by atomic mass is 9.95. The molecule has 2 aromatic rings. The lowest BCUT2D eigenvalue weighted by molar-refractivity contribution is -0.123. The number of aliphatic imine (C=N–C) groups is 1. The number of fused-ring (bicyclic) bond motifs is 1. The molecule has 35 heavy (non-hydrogen) atoms. The number of hydrogen-bond acceptors (Lipinski definition) is 7. The lowest BCUT2D eigenvalue weighted by Gasteiger charge is -2.20. The standard InChI is InChI=1S/C14H22N2O2.C12H13N3O2/c1-14(2,3)13(18)15-11-5-7-12(8-6-11)16(4)9-10-17;13-12-10-4-3-9(6-8(10)7-14-12)15-11(17)2-1-5-16/h5-8,17H,9-10H2,1-4H3,(H,15,18);3-6H,1-2,7H2,(H2,13,14)(H,15,17). The fourth-order valence-electron chi connectivity index (χ4n) is 3.12. The number of amides is 2. The molecule has 0 saturated carbocycles. The monoisotopic (exact) mass is 481 g/mol. The quantitative estimate of drug-likeness (QED) is 0.428. The second kappa shape index (κ2) is 12.7. The molecule has 1 aliphatic heterocycles. The van der Waals surface area contributed by atoms with E-state index in [4.69, 9.17) is 10.8 Å². The van der Waals surface area contributed by atoms with Gasteiger partial charge in [-0.1, -0.05) is 20.8 Å². The highest BCUT2D eigenvalue weighted by Crippen LogP contribution is 2.22. The van der Waals surface area contributed by atoms with Crippen LogP contribution in [0.25, 0.3) is 0 Å². The third-order valence-electron chi connectivity index (χ3n) is 5.26. The van der Waals surface area contributed by atoms with Gasteiger partial charge in [-0.2, -0.15) is 0 Å². The molecule has 188 valence electrons. The van der Waals surface area contributed by atoms with Gasteiger partial charge in [-0.25, -0.2) is 0 Å². The van der Waals surface area contributed by atoms with Crippen LogP contribution in [-0.2, 0) is 20.9 Å². The number of aldehydes is 1. The number of aliphatic hydroxyl groups excluding tert-OH is 1. The Labute approximate surface area is 206 Å². The molecular weight excluding hydrogens is 446 g/mol. The molecule has 0 aromatic heterocycles. The minimum atomic E-state index is -0.396. The predicted molar refractivity (Wildman–Crippen MR) is 140 cm³/mol. The molecule has 0 fully saturated rings. The van der Waals surface area contributed by atoms with Gasteiger partial charge in [0, 0.05) is 54.5 Å². The zero-order chi connectivity index (χ0) is 26.0. The summed E-state index contributed by atoms with van der Waals surface area (Å²) in [5, 5.41) is 14.5. The number of nitrogens with two attached hydrogens (primary N) is 1. The highest BCUT2D eigenvalue weighted by Gasteiger charge is 2.21. The summed E-state index contributed by atoms with van der Waals surface area (Å²) in [5.41, 5.74) is 9.74. The van der Waals surface area contributed by atoms with Crippen LogP contribution in [0.5, 0.6) is 0 Å². The van der Waals surface area contributed by atoms with Crippen LogP contribution in [0.15, 0.2) is 47.5 Å². The zero-order valence-electron chi connectivity index (χ0n) is 20.8. The van der Waals surface area contributed by atoms with E-state index in [1.54, 1.807) is 6.07 Å². The van der Waals surface area contributed by atoms with Gasteiger partial charge in [0.15, 0.2) is 0 Å². The first-order valence-electron chi connectivity index (χ1n) is 11.5. The van der Waals surface area contributed by atoms with Crippen LogP contribution in [0.3, 0.4) is 0 Å². The Bertz CT molecular complexity index is 1060. The van der Waals surface area contributed by atoms with Crippen LogP contribution in [-0.4, -0.2) is 49.2 Å². The van der Waals surface area contributed by atoms with Crippen LogP contribution in [0.2, 0.25) is 0 Å². The number of benzene rings is 2. The Kier molecular flexibility index (Phi) is 9.96. The van der Waals surface area contributed by atoms with Crippen LogP contribution in [0.1, 0.15) is 44.7 Å². The van der Waals surface area contributed by atoms with Crippen LogP contribution < -0.4 is 21.3 Å². The Morgan fingerprint density at radius 3 is 2.37 bits per heavy atom. The van der Waals surface area contributed by atoms with Gasteiger partial charge in [0.2, 0.25) is 11.8 Å². The summed E-state index contributed by atoms with van der Waals surface area (Å²) in [6.45, 7) is 6.91. The molecule has 9 nitrogen and oxygen atoms in total. The second-order valence-electron chi connectivity index (χ2n) is 9.22. The number of anilines is 3. The van der Waals surface area contributed by atoms with Crippen molar-refractivity contribution in [2.24, 2.45) is 16.1 Å². The summed E-state index contributed by atoms with van der Waals surface area (Å²) in [5.74, 6) is 0.377. The van der Waals surface area contributed by atoms with E-state index in [2.05, 4.69) is 15.6 Å².